The van der Waals surface area contributed by atoms with Gasteiger partial charge in [0, 0.05) is 12.6 Å². The van der Waals surface area contributed by atoms with Gasteiger partial charge in [-0.2, -0.15) is 0 Å². The molecule has 2 aromatic rings. The molecule has 6 nitrogen and oxygen atoms in total. The maximum absolute atomic E-state index is 12.6. The minimum Gasteiger partial charge on any atom is -0.497 e. The van der Waals surface area contributed by atoms with Gasteiger partial charge in [0.25, 0.3) is 0 Å². The van der Waals surface area contributed by atoms with E-state index in [9.17, 15) is 8.42 Å². The molecule has 0 aliphatic carbocycles. The Kier molecular flexibility index (Phi) is 7.49. The van der Waals surface area contributed by atoms with Crippen molar-refractivity contribution < 1.29 is 17.9 Å². The summed E-state index contributed by atoms with van der Waals surface area (Å²) in [6, 6.07) is 13.5. The number of ether oxygens (including phenoxy) is 2. The zero-order valence-corrected chi connectivity index (χ0v) is 17.0. The summed E-state index contributed by atoms with van der Waals surface area (Å²) in [6.45, 7) is 3.65. The van der Waals surface area contributed by atoms with E-state index in [-0.39, 0.29) is 23.3 Å². The number of sulfonamides is 1. The predicted octanol–water partition coefficient (Wildman–Crippen LogP) is 3.19. The third kappa shape index (κ3) is 5.59. The smallest absolute Gasteiger partial charge is 0.240 e. The van der Waals surface area contributed by atoms with E-state index in [2.05, 4.69) is 17.0 Å². The van der Waals surface area contributed by atoms with Crippen LogP contribution in [0.2, 0.25) is 0 Å². The Balaban J connectivity index is 0.00000261. The molecule has 2 aromatic carbocycles. The molecule has 0 aromatic heterocycles. The molecule has 3 rings (SSSR count). The summed E-state index contributed by atoms with van der Waals surface area (Å²) in [5.74, 6) is 2.28. The normalized spacial score (nSPS) is 19.8. The summed E-state index contributed by atoms with van der Waals surface area (Å²) in [5, 5.41) is 3.23. The Hall–Kier alpha value is -1.80. The van der Waals surface area contributed by atoms with Crippen LogP contribution in [-0.4, -0.2) is 34.7 Å². The summed E-state index contributed by atoms with van der Waals surface area (Å²) >= 11 is 0. The van der Waals surface area contributed by atoms with Crippen LogP contribution < -0.4 is 19.5 Å². The number of nitrogens with one attached hydrogen (secondary N) is 2. The average molecular weight is 413 g/mol. The van der Waals surface area contributed by atoms with Gasteiger partial charge in [0.2, 0.25) is 10.0 Å². The second kappa shape index (κ2) is 9.41. The van der Waals surface area contributed by atoms with E-state index in [0.717, 1.165) is 18.7 Å². The van der Waals surface area contributed by atoms with Gasteiger partial charge in [0.1, 0.15) is 17.2 Å². The third-order valence-electron chi connectivity index (χ3n) is 4.56. The standard InChI is InChI=1S/C19H24N2O4S.ClH/c1-14-11-12-20-13-19(14)21-26(22,23)18-9-7-17(8-10-18)25-16-5-3-15(24-2)4-6-16;/h3-10,14,19-21H,11-13H2,1-2H3;1H. The van der Waals surface area contributed by atoms with Crippen LogP contribution in [0.25, 0.3) is 0 Å². The summed E-state index contributed by atoms with van der Waals surface area (Å²) < 4.78 is 38.8. The molecule has 1 saturated heterocycles. The fourth-order valence-corrected chi connectivity index (χ4v) is 4.23. The SMILES string of the molecule is COc1ccc(Oc2ccc(S(=O)(=O)NC3CNCCC3C)cc2)cc1.Cl. The predicted molar refractivity (Wildman–Crippen MR) is 108 cm³/mol. The highest BCUT2D eigenvalue weighted by atomic mass is 35.5. The molecule has 1 fully saturated rings. The van der Waals surface area contributed by atoms with Crippen molar-refractivity contribution in [2.24, 2.45) is 5.92 Å². The van der Waals surface area contributed by atoms with E-state index >= 15 is 0 Å². The van der Waals surface area contributed by atoms with Crippen LogP contribution in [0.15, 0.2) is 53.4 Å². The first-order valence-electron chi connectivity index (χ1n) is 8.63. The molecule has 1 heterocycles. The quantitative estimate of drug-likeness (QED) is 0.762. The lowest BCUT2D eigenvalue weighted by molar-refractivity contribution is 0.327. The fraction of sp³-hybridized carbons (Fsp3) is 0.368. The van der Waals surface area contributed by atoms with Gasteiger partial charge < -0.3 is 14.8 Å². The van der Waals surface area contributed by atoms with E-state index in [0.29, 0.717) is 24.0 Å². The second-order valence-corrected chi connectivity index (χ2v) is 8.16. The Bertz CT molecular complexity index is 826. The lowest BCUT2D eigenvalue weighted by Gasteiger charge is -2.29. The largest absolute Gasteiger partial charge is 0.497 e. The lowest BCUT2D eigenvalue weighted by Crippen LogP contribution is -2.50. The first-order valence-corrected chi connectivity index (χ1v) is 10.1. The molecule has 8 heteroatoms. The average Bonchev–Trinajstić information content (AvgIpc) is 2.65. The van der Waals surface area contributed by atoms with E-state index in [1.807, 2.05) is 0 Å². The topological polar surface area (TPSA) is 76.7 Å². The van der Waals surface area contributed by atoms with E-state index in [4.69, 9.17) is 9.47 Å². The van der Waals surface area contributed by atoms with Gasteiger partial charge in [-0.1, -0.05) is 6.92 Å². The first-order chi connectivity index (χ1) is 12.5. The summed E-state index contributed by atoms with van der Waals surface area (Å²) in [4.78, 5) is 0.234. The van der Waals surface area contributed by atoms with Crippen LogP contribution in [0.3, 0.4) is 0 Å². The summed E-state index contributed by atoms with van der Waals surface area (Å²) in [7, 11) is -1.95. The summed E-state index contributed by atoms with van der Waals surface area (Å²) in [6.07, 6.45) is 0.960. The van der Waals surface area contributed by atoms with Crippen molar-refractivity contribution in [2.45, 2.75) is 24.3 Å². The second-order valence-electron chi connectivity index (χ2n) is 6.45. The zero-order chi connectivity index (χ0) is 18.6. The Morgan fingerprint density at radius 2 is 1.56 bits per heavy atom. The van der Waals surface area contributed by atoms with Gasteiger partial charge in [-0.3, -0.25) is 0 Å². The minimum atomic E-state index is -3.55. The van der Waals surface area contributed by atoms with E-state index in [1.54, 1.807) is 55.6 Å². The summed E-state index contributed by atoms with van der Waals surface area (Å²) in [5.41, 5.74) is 0. The Morgan fingerprint density at radius 1 is 1.00 bits per heavy atom. The Morgan fingerprint density at radius 3 is 2.11 bits per heavy atom. The molecule has 0 saturated carbocycles. The van der Waals surface area contributed by atoms with Crippen molar-refractivity contribution in [1.82, 2.24) is 10.0 Å². The van der Waals surface area contributed by atoms with Crippen LogP contribution >= 0.6 is 12.4 Å². The Labute approximate surface area is 166 Å². The molecule has 1 aliphatic rings. The number of hydrogen-bond donors (Lipinski definition) is 2. The number of benzene rings is 2. The van der Waals surface area contributed by atoms with Crippen molar-refractivity contribution in [3.8, 4) is 17.2 Å². The highest BCUT2D eigenvalue weighted by Gasteiger charge is 2.26. The highest BCUT2D eigenvalue weighted by molar-refractivity contribution is 7.89. The van der Waals surface area contributed by atoms with Crippen LogP contribution in [0.5, 0.6) is 17.2 Å². The molecule has 2 atom stereocenters. The van der Waals surface area contributed by atoms with E-state index in [1.165, 1.54) is 0 Å². The van der Waals surface area contributed by atoms with Crippen LogP contribution in [0.1, 0.15) is 13.3 Å². The van der Waals surface area contributed by atoms with Crippen molar-refractivity contribution in [2.75, 3.05) is 20.2 Å². The molecule has 0 radical (unpaired) electrons. The first kappa shape index (κ1) is 21.5. The molecule has 0 amide bonds. The van der Waals surface area contributed by atoms with Gasteiger partial charge in [-0.05, 0) is 67.4 Å². The number of halogens is 1. The van der Waals surface area contributed by atoms with Gasteiger partial charge in [0.15, 0.2) is 0 Å². The zero-order valence-electron chi connectivity index (χ0n) is 15.3. The number of piperidine rings is 1. The van der Waals surface area contributed by atoms with Crippen LogP contribution in [-0.2, 0) is 10.0 Å². The van der Waals surface area contributed by atoms with Gasteiger partial charge >= 0.3 is 0 Å². The lowest BCUT2D eigenvalue weighted by atomic mass is 9.96. The number of methoxy groups -OCH3 is 1. The molecular formula is C19H25ClN2O4S. The van der Waals surface area contributed by atoms with Gasteiger partial charge in [-0.15, -0.1) is 12.4 Å². The molecule has 2 unspecified atom stereocenters. The van der Waals surface area contributed by atoms with Crippen LogP contribution in [0.4, 0.5) is 0 Å². The van der Waals surface area contributed by atoms with Crippen molar-refractivity contribution in [3.05, 3.63) is 48.5 Å². The molecule has 1 aliphatic heterocycles. The van der Waals surface area contributed by atoms with Crippen molar-refractivity contribution >= 4 is 22.4 Å². The third-order valence-corrected chi connectivity index (χ3v) is 6.07. The van der Waals surface area contributed by atoms with Crippen molar-refractivity contribution in [3.63, 3.8) is 0 Å². The maximum Gasteiger partial charge on any atom is 0.240 e. The molecule has 0 bridgehead atoms. The molecular weight excluding hydrogens is 388 g/mol. The van der Waals surface area contributed by atoms with Gasteiger partial charge in [0.05, 0.1) is 12.0 Å². The number of rotatable bonds is 6. The van der Waals surface area contributed by atoms with E-state index < -0.39 is 10.0 Å². The molecule has 2 N–H and O–H groups in total. The van der Waals surface area contributed by atoms with Gasteiger partial charge in [-0.25, -0.2) is 13.1 Å². The monoisotopic (exact) mass is 412 g/mol. The highest BCUT2D eigenvalue weighted by Crippen LogP contribution is 2.25. The van der Waals surface area contributed by atoms with Crippen molar-refractivity contribution in [1.29, 1.82) is 0 Å². The van der Waals surface area contributed by atoms with Crippen LogP contribution in [0, 0.1) is 5.92 Å². The molecule has 27 heavy (non-hydrogen) atoms. The minimum absolute atomic E-state index is 0. The molecule has 0 spiro atoms. The maximum atomic E-state index is 12.6. The fourth-order valence-electron chi connectivity index (χ4n) is 2.88. The number of hydrogen-bond acceptors (Lipinski definition) is 5. The molecule has 148 valence electrons.